The van der Waals surface area contributed by atoms with Crippen LogP contribution in [0.25, 0.3) is 66.4 Å². The predicted molar refractivity (Wildman–Crippen MR) is 228 cm³/mol. The molecular weight excluding hydrogens is 849 g/mol. The van der Waals surface area contributed by atoms with E-state index in [1.54, 1.807) is 45.2 Å². The fourth-order valence-electron chi connectivity index (χ4n) is 6.49. The summed E-state index contributed by atoms with van der Waals surface area (Å²) in [6, 6.07) is 38.2. The van der Waals surface area contributed by atoms with Crippen LogP contribution in [0.5, 0.6) is 0 Å². The van der Waals surface area contributed by atoms with Gasteiger partial charge < -0.3 is 14.4 Å². The molecule has 0 N–H and O–H groups in total. The van der Waals surface area contributed by atoms with Gasteiger partial charge in [-0.2, -0.15) is 0 Å². The van der Waals surface area contributed by atoms with Gasteiger partial charge in [0, 0.05) is 57.0 Å². The summed E-state index contributed by atoms with van der Waals surface area (Å²) < 4.78 is 88.5. The molecule has 3 heterocycles. The van der Waals surface area contributed by atoms with Gasteiger partial charge in [-0.05, 0) is 70.8 Å². The largest absolute Gasteiger partial charge is 0.500 e. The van der Waals surface area contributed by atoms with E-state index in [4.69, 9.17) is 18.1 Å². The van der Waals surface area contributed by atoms with E-state index in [9.17, 15) is 0 Å². The first kappa shape index (κ1) is 28.5. The van der Waals surface area contributed by atoms with Crippen LogP contribution in [0.15, 0.2) is 120 Å². The molecule has 0 saturated heterocycles. The van der Waals surface area contributed by atoms with Gasteiger partial charge in [-0.3, -0.25) is 0 Å². The zero-order valence-corrected chi connectivity index (χ0v) is 34.5. The summed E-state index contributed by atoms with van der Waals surface area (Å²) >= 11 is 0. The number of nitrogens with zero attached hydrogens (tertiary/aromatic N) is 2. The van der Waals surface area contributed by atoms with E-state index in [0.29, 0.717) is 39.2 Å². The van der Waals surface area contributed by atoms with Crippen LogP contribution in [-0.4, -0.2) is 9.97 Å². The maximum Gasteiger partial charge on any atom is 0.128 e. The molecule has 0 aliphatic carbocycles. The van der Waals surface area contributed by atoms with Crippen molar-refractivity contribution >= 4 is 32.7 Å². The average molecular weight is 909 g/mol. The van der Waals surface area contributed by atoms with Crippen LogP contribution in [0.4, 0.5) is 0 Å². The van der Waals surface area contributed by atoms with Gasteiger partial charge in [-0.25, -0.2) is 0 Å². The Morgan fingerprint density at radius 2 is 1.35 bits per heavy atom. The Morgan fingerprint density at radius 1 is 0.655 bits per heavy atom. The van der Waals surface area contributed by atoms with E-state index in [2.05, 4.69) is 28.2 Å². The zero-order valence-electron chi connectivity index (χ0n) is 42.1. The van der Waals surface area contributed by atoms with E-state index < -0.39 is 37.3 Å². The average Bonchev–Trinajstić information content (AvgIpc) is 3.62. The second-order valence-corrected chi connectivity index (χ2v) is 15.7. The molecule has 0 aliphatic rings. The second-order valence-electron chi connectivity index (χ2n) is 15.7. The number of hydrogen-bond donors (Lipinski definition) is 0. The van der Waals surface area contributed by atoms with Crippen LogP contribution in [0.3, 0.4) is 0 Å². The maximum absolute atomic E-state index is 8.80. The molecule has 0 aliphatic heterocycles. The minimum absolute atomic E-state index is 0. The molecule has 0 spiro atoms. The molecule has 0 bridgehead atoms. The van der Waals surface area contributed by atoms with Gasteiger partial charge in [-0.1, -0.05) is 155 Å². The monoisotopic (exact) mass is 909 g/mol. The Morgan fingerprint density at radius 3 is 2.07 bits per heavy atom. The van der Waals surface area contributed by atoms with Crippen LogP contribution in [0, 0.1) is 43.6 Å². The van der Waals surface area contributed by atoms with E-state index in [0.717, 1.165) is 38.3 Å². The molecule has 3 aromatic heterocycles. The fraction of sp³-hybridized carbons (Fsp3) is 0.255. The predicted octanol–water partition coefficient (Wildman–Crippen LogP) is 13.9. The standard InChI is InChI=1S/C27H24NO.C24H26N.Ir/c1-17-16-28-24(14-19(17)15-27(2,3)4)23-11-7-10-21-22-13-12-18-8-5-6-9-20(18)25(22)29-26(21)23;1-17-11-12-20(14-22(17)19-9-7-6-8-10-19)23-13-18(2)21(16-25-23)15-24(3,4)5;/h5-10,12-14,16H,15H2,1-4H3;6-11,13-14,16H,15H2,1-5H3;/q2*-1;/i2*1D3,15D2;. The quantitative estimate of drug-likeness (QED) is 0.162. The summed E-state index contributed by atoms with van der Waals surface area (Å²) in [6.07, 6.45) is -0.589. The van der Waals surface area contributed by atoms with Gasteiger partial charge >= 0.3 is 0 Å². The first-order valence-electron chi connectivity index (χ1n) is 23.1. The summed E-state index contributed by atoms with van der Waals surface area (Å²) in [5.74, 6) is 0. The summed E-state index contributed by atoms with van der Waals surface area (Å²) in [4.78, 5) is 8.94. The normalized spacial score (nSPS) is 15.4. The molecule has 8 aromatic rings. The molecule has 8 rings (SSSR count). The first-order valence-corrected chi connectivity index (χ1v) is 18.1. The number of aromatic nitrogens is 2. The maximum atomic E-state index is 8.80. The molecule has 0 amide bonds. The molecule has 55 heavy (non-hydrogen) atoms. The van der Waals surface area contributed by atoms with Crippen molar-refractivity contribution in [1.29, 1.82) is 0 Å². The molecular formula is C51H50IrN2O-2. The zero-order chi connectivity index (χ0) is 46.8. The van der Waals surface area contributed by atoms with Crippen molar-refractivity contribution in [3.05, 3.63) is 155 Å². The van der Waals surface area contributed by atoms with Crippen molar-refractivity contribution in [2.75, 3.05) is 0 Å². The van der Waals surface area contributed by atoms with E-state index in [1.165, 1.54) is 12.3 Å². The Bertz CT molecular complexity index is 3020. The third kappa shape index (κ3) is 8.99. The number of hydrogen-bond acceptors (Lipinski definition) is 3. The van der Waals surface area contributed by atoms with E-state index >= 15 is 0 Å². The van der Waals surface area contributed by atoms with Crippen LogP contribution in [0.2, 0.25) is 0 Å². The van der Waals surface area contributed by atoms with Crippen LogP contribution in [-0.2, 0) is 32.9 Å². The molecule has 281 valence electrons. The Kier molecular flexibility index (Phi) is 8.33. The number of furan rings is 1. The smallest absolute Gasteiger partial charge is 0.128 e. The number of fused-ring (bicyclic) bond motifs is 5. The fourth-order valence-corrected chi connectivity index (χ4v) is 6.49. The van der Waals surface area contributed by atoms with Gasteiger partial charge in [-0.15, -0.1) is 47.5 Å². The van der Waals surface area contributed by atoms with Gasteiger partial charge in [0.05, 0.1) is 5.58 Å². The summed E-state index contributed by atoms with van der Waals surface area (Å²) in [5.41, 5.74) is 5.31. The minimum atomic E-state index is -2.49. The third-order valence-corrected chi connectivity index (χ3v) is 8.93. The van der Waals surface area contributed by atoms with Gasteiger partial charge in [0.25, 0.3) is 0 Å². The second kappa shape index (κ2) is 16.1. The summed E-state index contributed by atoms with van der Waals surface area (Å²) in [7, 11) is 0. The van der Waals surface area contributed by atoms with Gasteiger partial charge in [0.2, 0.25) is 0 Å². The van der Waals surface area contributed by atoms with Crippen molar-refractivity contribution in [2.24, 2.45) is 10.8 Å². The molecule has 0 saturated carbocycles. The molecule has 5 aromatic carbocycles. The third-order valence-electron chi connectivity index (χ3n) is 8.93. The Hall–Kier alpha value is -4.89. The number of pyridine rings is 2. The van der Waals surface area contributed by atoms with E-state index in [1.807, 2.05) is 100 Å². The number of benzene rings is 5. The molecule has 0 fully saturated rings. The number of aryl methyl sites for hydroxylation is 3. The minimum Gasteiger partial charge on any atom is -0.500 e. The molecule has 0 atom stereocenters. The molecule has 4 heteroatoms. The van der Waals surface area contributed by atoms with Crippen LogP contribution < -0.4 is 0 Å². The van der Waals surface area contributed by atoms with E-state index in [-0.39, 0.29) is 36.8 Å². The van der Waals surface area contributed by atoms with Crippen molar-refractivity contribution < 1.29 is 38.2 Å². The summed E-state index contributed by atoms with van der Waals surface area (Å²) in [6.45, 7) is 8.01. The number of rotatable bonds is 5. The molecule has 0 unspecified atom stereocenters. The van der Waals surface area contributed by atoms with Crippen molar-refractivity contribution in [1.82, 2.24) is 9.97 Å². The van der Waals surface area contributed by atoms with Gasteiger partial charge in [0.1, 0.15) is 5.58 Å². The van der Waals surface area contributed by atoms with Crippen LogP contribution in [0.1, 0.15) is 83.1 Å². The Balaban J connectivity index is 0.000000214. The van der Waals surface area contributed by atoms with Crippen molar-refractivity contribution in [3.63, 3.8) is 0 Å². The Labute approximate surface area is 354 Å². The SMILES string of the molecule is [2H]C([2H])([2H])c1c[c-]c(-c2cc(C)c(C([2H])([2H])C(C)(C)C)cn2)cc1-c1ccccc1.[2H]C([2H])([2H])c1cnc(-c2[c-]ccc3c2oc2c4ccccc4ccc32)cc1C([2H])([2H])C(C)(C)C.[Ir]. The van der Waals surface area contributed by atoms with Crippen molar-refractivity contribution in [2.45, 2.75) is 74.9 Å². The first-order chi connectivity index (χ1) is 29.7. The summed E-state index contributed by atoms with van der Waals surface area (Å²) in [5, 5.41) is 3.93. The topological polar surface area (TPSA) is 38.9 Å². The van der Waals surface area contributed by atoms with Gasteiger partial charge in [0.15, 0.2) is 0 Å². The van der Waals surface area contributed by atoms with Crippen LogP contribution >= 0.6 is 0 Å². The molecule has 1 radical (unpaired) electrons. The molecule has 3 nitrogen and oxygen atoms in total. The van der Waals surface area contributed by atoms with Crippen molar-refractivity contribution in [3.8, 4) is 33.6 Å².